The first-order valence-electron chi connectivity index (χ1n) is 8.58. The molecule has 22 heavy (non-hydrogen) atoms. The van der Waals surface area contributed by atoms with E-state index in [1.165, 1.54) is 5.57 Å². The number of carbonyl (C=O) groups is 2. The highest BCUT2D eigenvalue weighted by atomic mass is 16.6. The van der Waals surface area contributed by atoms with Crippen molar-refractivity contribution in [3.8, 4) is 0 Å². The highest BCUT2D eigenvalue weighted by Gasteiger charge is 2.56. The van der Waals surface area contributed by atoms with Crippen molar-refractivity contribution in [3.63, 3.8) is 0 Å². The standard InChI is InChI=1S/C19H24O3/c1-18-9-7-13(20)11-12(18)3-4-14-15(18)8-10-19(2)16(14)5-6-17(21)22-19/h7,9,11,14-16H,3-6,8,10H2,1-2H3/t14-,15-,16-,18+,19+/m0/s1. The van der Waals surface area contributed by atoms with Gasteiger partial charge in [-0.2, -0.15) is 0 Å². The van der Waals surface area contributed by atoms with Crippen molar-refractivity contribution < 1.29 is 14.3 Å². The number of rotatable bonds is 0. The van der Waals surface area contributed by atoms with Crippen molar-refractivity contribution in [3.05, 3.63) is 23.8 Å². The first-order chi connectivity index (χ1) is 10.4. The summed E-state index contributed by atoms with van der Waals surface area (Å²) in [5.41, 5.74) is 1.08. The van der Waals surface area contributed by atoms with E-state index in [-0.39, 0.29) is 22.8 Å². The van der Waals surface area contributed by atoms with Crippen LogP contribution < -0.4 is 0 Å². The quantitative estimate of drug-likeness (QED) is 0.642. The summed E-state index contributed by atoms with van der Waals surface area (Å²) in [6, 6.07) is 0. The number of carbonyl (C=O) groups excluding carboxylic acids is 2. The van der Waals surface area contributed by atoms with Gasteiger partial charge >= 0.3 is 5.97 Å². The minimum atomic E-state index is -0.262. The average Bonchev–Trinajstić information content (AvgIpc) is 2.46. The van der Waals surface area contributed by atoms with Gasteiger partial charge in [-0.15, -0.1) is 0 Å². The van der Waals surface area contributed by atoms with Crippen LogP contribution in [-0.4, -0.2) is 17.4 Å². The Kier molecular flexibility index (Phi) is 2.95. The van der Waals surface area contributed by atoms with Gasteiger partial charge in [0.2, 0.25) is 0 Å². The molecular formula is C19H24O3. The highest BCUT2D eigenvalue weighted by Crippen LogP contribution is 2.60. The van der Waals surface area contributed by atoms with E-state index < -0.39 is 0 Å². The molecule has 0 radical (unpaired) electrons. The summed E-state index contributed by atoms with van der Waals surface area (Å²) in [7, 11) is 0. The Labute approximate surface area is 131 Å². The van der Waals surface area contributed by atoms with Gasteiger partial charge in [-0.1, -0.05) is 18.6 Å². The Bertz CT molecular complexity index is 602. The Balaban J connectivity index is 1.68. The predicted octanol–water partition coefficient (Wildman–Crippen LogP) is 3.59. The van der Waals surface area contributed by atoms with Crippen molar-refractivity contribution in [2.75, 3.05) is 0 Å². The van der Waals surface area contributed by atoms with Crippen LogP contribution >= 0.6 is 0 Å². The lowest BCUT2D eigenvalue weighted by molar-refractivity contribution is -0.192. The van der Waals surface area contributed by atoms with Gasteiger partial charge in [-0.05, 0) is 63.0 Å². The molecule has 0 spiro atoms. The average molecular weight is 300 g/mol. The normalized spacial score (nSPS) is 47.0. The smallest absolute Gasteiger partial charge is 0.306 e. The predicted molar refractivity (Wildman–Crippen MR) is 83.0 cm³/mol. The molecule has 1 heterocycles. The summed E-state index contributed by atoms with van der Waals surface area (Å²) in [6.07, 6.45) is 11.5. The molecule has 2 saturated carbocycles. The third kappa shape index (κ3) is 1.87. The SMILES string of the molecule is C[C@@]12CC[C@H]3[C@H](CCC4=CC(=O)C=C[C@]43C)[C@@H]1CCC(=O)O2. The second kappa shape index (κ2) is 4.56. The lowest BCUT2D eigenvalue weighted by Crippen LogP contribution is -2.56. The molecule has 0 aromatic carbocycles. The molecule has 4 rings (SSSR count). The molecule has 3 fully saturated rings. The van der Waals surface area contributed by atoms with Crippen LogP contribution in [0.2, 0.25) is 0 Å². The van der Waals surface area contributed by atoms with Crippen LogP contribution in [0.15, 0.2) is 23.8 Å². The molecule has 0 aromatic rings. The van der Waals surface area contributed by atoms with Gasteiger partial charge in [0.05, 0.1) is 0 Å². The zero-order valence-corrected chi connectivity index (χ0v) is 13.4. The summed E-state index contributed by atoms with van der Waals surface area (Å²) in [5.74, 6) is 1.77. The molecule has 0 N–H and O–H groups in total. The number of esters is 1. The molecule has 5 atom stereocenters. The number of hydrogen-bond acceptors (Lipinski definition) is 3. The summed E-state index contributed by atoms with van der Waals surface area (Å²) in [4.78, 5) is 23.4. The molecule has 4 aliphatic rings. The van der Waals surface area contributed by atoms with Crippen molar-refractivity contribution in [1.29, 1.82) is 0 Å². The Morgan fingerprint density at radius 3 is 2.73 bits per heavy atom. The first kappa shape index (κ1) is 14.2. The van der Waals surface area contributed by atoms with E-state index in [0.29, 0.717) is 24.2 Å². The van der Waals surface area contributed by atoms with Crippen LogP contribution in [-0.2, 0) is 14.3 Å². The van der Waals surface area contributed by atoms with Gasteiger partial charge in [-0.3, -0.25) is 9.59 Å². The fourth-order valence-electron chi connectivity index (χ4n) is 5.72. The number of ether oxygens (including phenoxy) is 1. The molecule has 3 aliphatic carbocycles. The fourth-order valence-corrected chi connectivity index (χ4v) is 5.72. The van der Waals surface area contributed by atoms with Gasteiger partial charge < -0.3 is 4.74 Å². The fraction of sp³-hybridized carbons (Fsp3) is 0.684. The van der Waals surface area contributed by atoms with Crippen LogP contribution in [0, 0.1) is 23.2 Å². The van der Waals surface area contributed by atoms with Gasteiger partial charge in [0.15, 0.2) is 5.78 Å². The van der Waals surface area contributed by atoms with E-state index in [4.69, 9.17) is 4.74 Å². The van der Waals surface area contributed by atoms with E-state index in [0.717, 1.165) is 32.1 Å². The Hall–Kier alpha value is -1.38. The van der Waals surface area contributed by atoms with Gasteiger partial charge in [0.1, 0.15) is 5.60 Å². The highest BCUT2D eigenvalue weighted by molar-refractivity contribution is 6.01. The van der Waals surface area contributed by atoms with Gasteiger partial charge in [0.25, 0.3) is 0 Å². The van der Waals surface area contributed by atoms with Crippen LogP contribution in [0.4, 0.5) is 0 Å². The summed E-state index contributed by atoms with van der Waals surface area (Å²) in [5, 5.41) is 0. The molecular weight excluding hydrogens is 276 g/mol. The lowest BCUT2D eigenvalue weighted by atomic mass is 9.49. The molecule has 0 aromatic heterocycles. The second-order valence-corrected chi connectivity index (χ2v) is 7.97. The molecule has 0 unspecified atom stereocenters. The molecule has 3 heteroatoms. The topological polar surface area (TPSA) is 43.4 Å². The third-order valence-electron chi connectivity index (χ3n) is 6.90. The lowest BCUT2D eigenvalue weighted by Gasteiger charge is -2.58. The maximum atomic E-state index is 11.7. The summed E-state index contributed by atoms with van der Waals surface area (Å²) >= 11 is 0. The number of ketones is 1. The third-order valence-corrected chi connectivity index (χ3v) is 6.90. The Morgan fingerprint density at radius 1 is 1.09 bits per heavy atom. The van der Waals surface area contributed by atoms with Crippen molar-refractivity contribution in [1.82, 2.24) is 0 Å². The monoisotopic (exact) mass is 300 g/mol. The summed E-state index contributed by atoms with van der Waals surface area (Å²) < 4.78 is 5.79. The van der Waals surface area contributed by atoms with Crippen LogP contribution in [0.3, 0.4) is 0 Å². The van der Waals surface area contributed by atoms with Crippen molar-refractivity contribution >= 4 is 11.8 Å². The van der Waals surface area contributed by atoms with E-state index in [1.807, 2.05) is 6.08 Å². The molecule has 3 nitrogen and oxygen atoms in total. The van der Waals surface area contributed by atoms with Gasteiger partial charge in [0, 0.05) is 17.8 Å². The summed E-state index contributed by atoms with van der Waals surface area (Å²) in [6.45, 7) is 4.44. The second-order valence-electron chi connectivity index (χ2n) is 7.97. The molecule has 0 amide bonds. The Morgan fingerprint density at radius 2 is 1.91 bits per heavy atom. The van der Waals surface area contributed by atoms with Crippen molar-refractivity contribution in [2.24, 2.45) is 23.2 Å². The van der Waals surface area contributed by atoms with Crippen LogP contribution in [0.25, 0.3) is 0 Å². The minimum Gasteiger partial charge on any atom is -0.459 e. The minimum absolute atomic E-state index is 0.0250. The molecule has 1 aliphatic heterocycles. The number of fused-ring (bicyclic) bond motifs is 5. The first-order valence-corrected chi connectivity index (χ1v) is 8.58. The van der Waals surface area contributed by atoms with E-state index in [1.54, 1.807) is 6.08 Å². The maximum Gasteiger partial charge on any atom is 0.306 e. The van der Waals surface area contributed by atoms with E-state index in [9.17, 15) is 9.59 Å². The van der Waals surface area contributed by atoms with Crippen LogP contribution in [0.1, 0.15) is 52.4 Å². The molecule has 118 valence electrons. The number of allylic oxidation sites excluding steroid dienone is 4. The number of hydrogen-bond donors (Lipinski definition) is 0. The largest absolute Gasteiger partial charge is 0.459 e. The van der Waals surface area contributed by atoms with Gasteiger partial charge in [-0.25, -0.2) is 0 Å². The zero-order valence-electron chi connectivity index (χ0n) is 13.4. The maximum absolute atomic E-state index is 11.7. The van der Waals surface area contributed by atoms with Crippen LogP contribution in [0.5, 0.6) is 0 Å². The van der Waals surface area contributed by atoms with E-state index >= 15 is 0 Å². The molecule has 1 saturated heterocycles. The van der Waals surface area contributed by atoms with E-state index in [2.05, 4.69) is 19.9 Å². The molecule has 0 bridgehead atoms. The van der Waals surface area contributed by atoms with Crippen molar-refractivity contribution in [2.45, 2.75) is 58.0 Å². The zero-order chi connectivity index (χ0) is 15.5.